The molecule has 4 rings (SSSR count). The zero-order valence-electron chi connectivity index (χ0n) is 15.2. The van der Waals surface area contributed by atoms with Crippen molar-refractivity contribution in [3.8, 4) is 5.75 Å². The van der Waals surface area contributed by atoms with Gasteiger partial charge in [0, 0.05) is 32.1 Å². The predicted molar refractivity (Wildman–Crippen MR) is 104 cm³/mol. The fourth-order valence-corrected chi connectivity index (χ4v) is 3.85. The smallest absolute Gasteiger partial charge is 0.260 e. The van der Waals surface area contributed by atoms with E-state index < -0.39 is 5.82 Å². The Morgan fingerprint density at radius 1 is 1.29 bits per heavy atom. The Kier molecular flexibility index (Phi) is 6.74. The molecule has 0 bridgehead atoms. The summed E-state index contributed by atoms with van der Waals surface area (Å²) in [7, 11) is 0. The first-order chi connectivity index (χ1) is 13.1. The third-order valence-corrected chi connectivity index (χ3v) is 5.40. The summed E-state index contributed by atoms with van der Waals surface area (Å²) in [5, 5.41) is 12.1. The molecule has 2 aromatic rings. The molecule has 1 amide bonds. The van der Waals surface area contributed by atoms with E-state index in [4.69, 9.17) is 16.3 Å². The van der Waals surface area contributed by atoms with Gasteiger partial charge in [0.25, 0.3) is 5.91 Å². The second-order valence-electron chi connectivity index (χ2n) is 6.82. The molecule has 1 aromatic carbocycles. The molecule has 0 saturated carbocycles. The molecule has 7 nitrogen and oxygen atoms in total. The van der Waals surface area contributed by atoms with E-state index in [2.05, 4.69) is 20.1 Å². The van der Waals surface area contributed by atoms with Gasteiger partial charge in [0.15, 0.2) is 6.61 Å². The first kappa shape index (κ1) is 20.8. The number of piperidine rings is 1. The van der Waals surface area contributed by atoms with Crippen molar-refractivity contribution in [2.45, 2.75) is 31.8 Å². The van der Waals surface area contributed by atoms with E-state index in [1.165, 1.54) is 18.2 Å². The van der Waals surface area contributed by atoms with E-state index in [9.17, 15) is 9.18 Å². The molecule has 0 radical (unpaired) electrons. The van der Waals surface area contributed by atoms with Crippen LogP contribution in [0.15, 0.2) is 18.2 Å². The van der Waals surface area contributed by atoms with E-state index in [-0.39, 0.29) is 29.9 Å². The molecule has 1 aromatic heterocycles. The van der Waals surface area contributed by atoms with Gasteiger partial charge in [-0.25, -0.2) is 4.39 Å². The number of hydrogen-bond donors (Lipinski definition) is 1. The number of hydrogen-bond acceptors (Lipinski definition) is 5. The third-order valence-electron chi connectivity index (χ3n) is 5.11. The van der Waals surface area contributed by atoms with Crippen LogP contribution in [0.4, 0.5) is 4.39 Å². The lowest BCUT2D eigenvalue weighted by Gasteiger charge is -2.32. The Morgan fingerprint density at radius 2 is 2.07 bits per heavy atom. The maximum Gasteiger partial charge on any atom is 0.260 e. The predicted octanol–water partition coefficient (Wildman–Crippen LogP) is 2.38. The van der Waals surface area contributed by atoms with Gasteiger partial charge in [0.2, 0.25) is 0 Å². The lowest BCUT2D eigenvalue weighted by Crippen LogP contribution is -2.41. The number of nitrogens with one attached hydrogen (secondary N) is 1. The summed E-state index contributed by atoms with van der Waals surface area (Å²) in [6.45, 7) is 3.78. The Morgan fingerprint density at radius 3 is 2.82 bits per heavy atom. The number of benzene rings is 1. The summed E-state index contributed by atoms with van der Waals surface area (Å²) >= 11 is 5.92. The lowest BCUT2D eigenvalue weighted by molar-refractivity contribution is -0.134. The number of aromatic nitrogens is 3. The molecule has 1 saturated heterocycles. The van der Waals surface area contributed by atoms with Crippen LogP contribution in [0.1, 0.15) is 30.4 Å². The number of likely N-dealkylation sites (tertiary alicyclic amines) is 1. The Hall–Kier alpha value is -1.90. The van der Waals surface area contributed by atoms with Gasteiger partial charge in [0.05, 0.1) is 11.6 Å². The van der Waals surface area contributed by atoms with Gasteiger partial charge in [0.1, 0.15) is 23.2 Å². The maximum atomic E-state index is 13.1. The number of ether oxygens (including phenoxy) is 1. The minimum atomic E-state index is -0.438. The van der Waals surface area contributed by atoms with Gasteiger partial charge in [-0.3, -0.25) is 4.79 Å². The minimum absolute atomic E-state index is 0. The van der Waals surface area contributed by atoms with E-state index >= 15 is 0 Å². The zero-order valence-corrected chi connectivity index (χ0v) is 16.8. The first-order valence-corrected chi connectivity index (χ1v) is 9.48. The van der Waals surface area contributed by atoms with Crippen molar-refractivity contribution in [2.75, 3.05) is 26.2 Å². The van der Waals surface area contributed by atoms with E-state index in [1.807, 2.05) is 0 Å². The van der Waals surface area contributed by atoms with Crippen LogP contribution in [0, 0.1) is 5.82 Å². The average molecular weight is 430 g/mol. The topological polar surface area (TPSA) is 72.3 Å². The van der Waals surface area contributed by atoms with Crippen molar-refractivity contribution in [3.05, 3.63) is 40.7 Å². The molecule has 0 atom stereocenters. The van der Waals surface area contributed by atoms with Crippen LogP contribution in [0.25, 0.3) is 0 Å². The minimum Gasteiger partial charge on any atom is -0.482 e. The Bertz CT molecular complexity index is 839. The largest absolute Gasteiger partial charge is 0.482 e. The van der Waals surface area contributed by atoms with Gasteiger partial charge in [-0.2, -0.15) is 0 Å². The van der Waals surface area contributed by atoms with Crippen LogP contribution in [-0.2, 0) is 17.9 Å². The van der Waals surface area contributed by atoms with Crippen LogP contribution in [-0.4, -0.2) is 51.8 Å². The van der Waals surface area contributed by atoms with Gasteiger partial charge in [-0.1, -0.05) is 11.6 Å². The van der Waals surface area contributed by atoms with E-state index in [0.29, 0.717) is 24.8 Å². The van der Waals surface area contributed by atoms with Crippen molar-refractivity contribution in [1.82, 2.24) is 25.0 Å². The number of nitrogens with zero attached hydrogens (tertiary/aromatic N) is 4. The summed E-state index contributed by atoms with van der Waals surface area (Å²) < 4.78 is 20.7. The molecule has 1 N–H and O–H groups in total. The normalized spacial score (nSPS) is 17.0. The summed E-state index contributed by atoms with van der Waals surface area (Å²) in [6, 6.07) is 3.86. The Balaban J connectivity index is 0.00000225. The lowest BCUT2D eigenvalue weighted by atomic mass is 9.95. The number of carbonyl (C=O) groups excluding carboxylic acids is 1. The standard InChI is InChI=1S/C18H21ClFN5O2.ClH/c19-14-9-13(20)1-2-15(14)27-11-17(26)24-6-3-12(4-7-24)18-23-22-16-10-21-5-8-25(16)18;/h1-2,9,12,21H,3-8,10-11H2;1H. The first-order valence-electron chi connectivity index (χ1n) is 9.10. The van der Waals surface area contributed by atoms with Gasteiger partial charge in [-0.15, -0.1) is 22.6 Å². The molecule has 28 heavy (non-hydrogen) atoms. The van der Waals surface area contributed by atoms with Crippen molar-refractivity contribution in [3.63, 3.8) is 0 Å². The second kappa shape index (κ2) is 9.07. The van der Waals surface area contributed by atoms with Crippen LogP contribution < -0.4 is 10.1 Å². The molecule has 0 aliphatic carbocycles. The molecule has 1 fully saturated rings. The fourth-order valence-electron chi connectivity index (χ4n) is 3.63. The molecule has 0 spiro atoms. The van der Waals surface area contributed by atoms with Crippen molar-refractivity contribution >= 4 is 29.9 Å². The number of rotatable bonds is 4. The summed E-state index contributed by atoms with van der Waals surface area (Å²) in [4.78, 5) is 14.2. The highest BCUT2D eigenvalue weighted by Crippen LogP contribution is 2.28. The summed E-state index contributed by atoms with van der Waals surface area (Å²) in [5.74, 6) is 2.12. The molecule has 2 aliphatic rings. The molecule has 3 heterocycles. The molecule has 152 valence electrons. The molecule has 0 unspecified atom stereocenters. The number of fused-ring (bicyclic) bond motifs is 1. The number of amides is 1. The number of halogens is 3. The van der Waals surface area contributed by atoms with Crippen LogP contribution in [0.3, 0.4) is 0 Å². The van der Waals surface area contributed by atoms with Crippen LogP contribution in [0.5, 0.6) is 5.75 Å². The highest BCUT2D eigenvalue weighted by molar-refractivity contribution is 6.32. The van der Waals surface area contributed by atoms with Crippen molar-refractivity contribution in [1.29, 1.82) is 0 Å². The molecule has 2 aliphatic heterocycles. The Labute approximate surface area is 173 Å². The summed E-state index contributed by atoms with van der Waals surface area (Å²) in [6.07, 6.45) is 1.71. The van der Waals surface area contributed by atoms with E-state index in [0.717, 1.165) is 44.1 Å². The summed E-state index contributed by atoms with van der Waals surface area (Å²) in [5.41, 5.74) is 0. The van der Waals surface area contributed by atoms with Crippen LogP contribution in [0.2, 0.25) is 5.02 Å². The number of carbonyl (C=O) groups is 1. The average Bonchev–Trinajstić information content (AvgIpc) is 3.11. The van der Waals surface area contributed by atoms with Gasteiger partial charge < -0.3 is 19.5 Å². The SMILES string of the molecule is Cl.O=C(COc1ccc(F)cc1Cl)N1CCC(c2nnc3n2CCNC3)CC1. The fraction of sp³-hybridized carbons (Fsp3) is 0.500. The molecular formula is C18H22Cl2FN5O2. The van der Waals surface area contributed by atoms with Crippen LogP contribution >= 0.6 is 24.0 Å². The highest BCUT2D eigenvalue weighted by atomic mass is 35.5. The van der Waals surface area contributed by atoms with E-state index in [1.54, 1.807) is 4.90 Å². The quantitative estimate of drug-likeness (QED) is 0.807. The third kappa shape index (κ3) is 4.39. The highest BCUT2D eigenvalue weighted by Gasteiger charge is 2.28. The van der Waals surface area contributed by atoms with Crippen molar-refractivity contribution in [2.24, 2.45) is 0 Å². The van der Waals surface area contributed by atoms with Crippen molar-refractivity contribution < 1.29 is 13.9 Å². The second-order valence-corrected chi connectivity index (χ2v) is 7.23. The monoisotopic (exact) mass is 429 g/mol. The van der Waals surface area contributed by atoms with Gasteiger partial charge in [-0.05, 0) is 31.0 Å². The maximum absolute atomic E-state index is 13.1. The van der Waals surface area contributed by atoms with Gasteiger partial charge >= 0.3 is 0 Å². The molecular weight excluding hydrogens is 408 g/mol. The molecule has 10 heteroatoms. The zero-order chi connectivity index (χ0) is 18.8.